The fourth-order valence-electron chi connectivity index (χ4n) is 7.70. The minimum atomic E-state index is -4.76. The molecule has 0 spiro atoms. The van der Waals surface area contributed by atoms with E-state index in [-0.39, 0.29) is 42.5 Å². The number of hydrogen-bond acceptors (Lipinski definition) is 8. The molecule has 0 saturated carbocycles. The average Bonchev–Trinajstić information content (AvgIpc) is 3.69. The summed E-state index contributed by atoms with van der Waals surface area (Å²) >= 11 is 0. The Kier molecular flexibility index (Phi) is 9.55. The fraction of sp³-hybridized carbons (Fsp3) is 0.625. The van der Waals surface area contributed by atoms with Gasteiger partial charge < -0.3 is 9.47 Å². The molecule has 44 heavy (non-hydrogen) atoms. The number of hydrazine groups is 1. The molecule has 240 valence electrons. The van der Waals surface area contributed by atoms with Gasteiger partial charge in [-0.3, -0.25) is 20.3 Å². The highest BCUT2D eigenvalue weighted by atomic mass is 19.4. The number of rotatable bonds is 6. The molecule has 8 atom stereocenters. The molecular formula is C32H42F3N5O4. The maximum Gasteiger partial charge on any atom is 0.421 e. The lowest BCUT2D eigenvalue weighted by Crippen LogP contribution is -2.68. The second kappa shape index (κ2) is 13.4. The second-order valence-electron chi connectivity index (χ2n) is 12.7. The van der Waals surface area contributed by atoms with Gasteiger partial charge in [-0.15, -0.1) is 0 Å². The SMILES string of the molecule is O=[N+]([O-])C1CC(Cc2ccccc2)C2NC1C1NNC(O1)C(OCc1ccccc1)(C(F)(F)F)CCCCC[C@H]1CCCN21. The molecule has 0 radical (unpaired) electrons. The number of piperidine rings is 1. The predicted octanol–water partition coefficient (Wildman–Crippen LogP) is 4.90. The molecule has 7 unspecified atom stereocenters. The Morgan fingerprint density at radius 1 is 0.977 bits per heavy atom. The quantitative estimate of drug-likeness (QED) is 0.311. The van der Waals surface area contributed by atoms with Crippen LogP contribution in [0.4, 0.5) is 13.2 Å². The lowest BCUT2D eigenvalue weighted by Gasteiger charge is -2.46. The third-order valence-electron chi connectivity index (χ3n) is 9.95. The van der Waals surface area contributed by atoms with Gasteiger partial charge in [0.15, 0.2) is 6.23 Å². The van der Waals surface area contributed by atoms with Crippen molar-refractivity contribution in [1.29, 1.82) is 0 Å². The molecule has 9 nitrogen and oxygen atoms in total. The summed E-state index contributed by atoms with van der Waals surface area (Å²) in [6.07, 6.45) is -2.27. The smallest absolute Gasteiger partial charge is 0.357 e. The van der Waals surface area contributed by atoms with Crippen LogP contribution in [0.25, 0.3) is 0 Å². The molecule has 4 saturated heterocycles. The van der Waals surface area contributed by atoms with Gasteiger partial charge >= 0.3 is 6.18 Å². The van der Waals surface area contributed by atoms with Crippen LogP contribution in [0.5, 0.6) is 0 Å². The van der Waals surface area contributed by atoms with Crippen LogP contribution in [0.2, 0.25) is 0 Å². The fourth-order valence-corrected chi connectivity index (χ4v) is 7.70. The van der Waals surface area contributed by atoms with Crippen LogP contribution in [-0.2, 0) is 22.5 Å². The zero-order chi connectivity index (χ0) is 30.7. The van der Waals surface area contributed by atoms with Crippen molar-refractivity contribution >= 4 is 0 Å². The van der Waals surface area contributed by atoms with E-state index in [1.165, 1.54) is 0 Å². The van der Waals surface area contributed by atoms with Crippen LogP contribution in [-0.4, -0.2) is 64.9 Å². The second-order valence-corrected chi connectivity index (χ2v) is 12.7. The first-order valence-corrected chi connectivity index (χ1v) is 15.9. The molecule has 0 aliphatic carbocycles. The van der Waals surface area contributed by atoms with Crippen LogP contribution < -0.4 is 16.2 Å². The number of nitro groups is 1. The third-order valence-corrected chi connectivity index (χ3v) is 9.95. The van der Waals surface area contributed by atoms with Crippen molar-refractivity contribution in [1.82, 2.24) is 21.1 Å². The van der Waals surface area contributed by atoms with E-state index in [1.807, 2.05) is 30.3 Å². The maximum atomic E-state index is 15.1. The summed E-state index contributed by atoms with van der Waals surface area (Å²) in [5.74, 6) is -0.0498. The van der Waals surface area contributed by atoms with Crippen LogP contribution in [0.15, 0.2) is 60.7 Å². The molecule has 2 aromatic carbocycles. The van der Waals surface area contributed by atoms with Gasteiger partial charge in [0, 0.05) is 17.4 Å². The van der Waals surface area contributed by atoms with Gasteiger partial charge in [-0.25, -0.2) is 10.9 Å². The Balaban J connectivity index is 1.32. The van der Waals surface area contributed by atoms with Crippen LogP contribution >= 0.6 is 0 Å². The maximum absolute atomic E-state index is 15.1. The number of alkyl halides is 3. The Morgan fingerprint density at radius 2 is 1.68 bits per heavy atom. The molecule has 4 aliphatic rings. The van der Waals surface area contributed by atoms with Gasteiger partial charge in [0.25, 0.3) is 0 Å². The Morgan fingerprint density at radius 3 is 2.39 bits per heavy atom. The zero-order valence-electron chi connectivity index (χ0n) is 24.8. The summed E-state index contributed by atoms with van der Waals surface area (Å²) in [6.45, 7) is 0.639. The van der Waals surface area contributed by atoms with E-state index in [1.54, 1.807) is 30.3 Å². The summed E-state index contributed by atoms with van der Waals surface area (Å²) < 4.78 is 57.3. The summed E-state index contributed by atoms with van der Waals surface area (Å²) in [5.41, 5.74) is 4.68. The van der Waals surface area contributed by atoms with E-state index < -0.39 is 36.3 Å². The number of nitrogens with one attached hydrogen (secondary N) is 3. The number of ether oxygens (including phenoxy) is 2. The van der Waals surface area contributed by atoms with Gasteiger partial charge in [0.2, 0.25) is 11.6 Å². The van der Waals surface area contributed by atoms with E-state index >= 15 is 13.2 Å². The molecule has 12 heteroatoms. The van der Waals surface area contributed by atoms with Crippen molar-refractivity contribution in [3.8, 4) is 0 Å². The first-order chi connectivity index (χ1) is 21.2. The summed E-state index contributed by atoms with van der Waals surface area (Å²) in [5, 5.41) is 16.1. The van der Waals surface area contributed by atoms with E-state index in [0.29, 0.717) is 24.8 Å². The Labute approximate surface area is 256 Å². The van der Waals surface area contributed by atoms with Gasteiger partial charge in [-0.05, 0) is 55.7 Å². The third kappa shape index (κ3) is 6.52. The number of nitrogens with zero attached hydrogens (tertiary/aromatic N) is 2. The van der Waals surface area contributed by atoms with Crippen molar-refractivity contribution in [3.05, 3.63) is 81.9 Å². The van der Waals surface area contributed by atoms with Gasteiger partial charge in [-0.1, -0.05) is 79.9 Å². The van der Waals surface area contributed by atoms with Crippen molar-refractivity contribution in [2.24, 2.45) is 5.92 Å². The van der Waals surface area contributed by atoms with Crippen molar-refractivity contribution in [2.45, 2.75) is 113 Å². The monoisotopic (exact) mass is 617 g/mol. The number of halogens is 3. The van der Waals surface area contributed by atoms with Crippen LogP contribution in [0.3, 0.4) is 0 Å². The Bertz CT molecular complexity index is 1240. The van der Waals surface area contributed by atoms with Gasteiger partial charge in [0.05, 0.1) is 12.8 Å². The largest absolute Gasteiger partial charge is 0.421 e. The van der Waals surface area contributed by atoms with Crippen LogP contribution in [0.1, 0.15) is 62.5 Å². The van der Waals surface area contributed by atoms with E-state index in [0.717, 1.165) is 37.8 Å². The van der Waals surface area contributed by atoms with Crippen molar-refractivity contribution < 1.29 is 27.6 Å². The summed E-state index contributed by atoms with van der Waals surface area (Å²) in [6, 6.07) is 17.1. The first-order valence-electron chi connectivity index (χ1n) is 15.9. The minimum Gasteiger partial charge on any atom is -0.357 e. The van der Waals surface area contributed by atoms with E-state index in [4.69, 9.17) is 9.47 Å². The van der Waals surface area contributed by atoms with Gasteiger partial charge in [-0.2, -0.15) is 13.2 Å². The molecule has 4 heterocycles. The molecule has 0 aromatic heterocycles. The normalized spacial score (nSPS) is 35.1. The lowest BCUT2D eigenvalue weighted by atomic mass is 9.82. The molecular weight excluding hydrogens is 575 g/mol. The molecule has 3 N–H and O–H groups in total. The topological polar surface area (TPSA) is 101 Å². The molecule has 4 fully saturated rings. The van der Waals surface area contributed by atoms with Crippen molar-refractivity contribution in [3.63, 3.8) is 0 Å². The predicted molar refractivity (Wildman–Crippen MR) is 158 cm³/mol. The number of fused-ring (bicyclic) bond motifs is 7. The Hall–Kier alpha value is -2.61. The summed E-state index contributed by atoms with van der Waals surface area (Å²) in [4.78, 5) is 14.7. The lowest BCUT2D eigenvalue weighted by molar-refractivity contribution is -0.535. The van der Waals surface area contributed by atoms with Gasteiger partial charge in [0.1, 0.15) is 12.3 Å². The van der Waals surface area contributed by atoms with E-state index in [9.17, 15) is 10.1 Å². The van der Waals surface area contributed by atoms with E-state index in [2.05, 4.69) is 21.1 Å². The number of hydrogen-bond donors (Lipinski definition) is 3. The molecule has 4 bridgehead atoms. The highest BCUT2D eigenvalue weighted by molar-refractivity contribution is 5.17. The number of benzene rings is 2. The van der Waals surface area contributed by atoms with Crippen LogP contribution in [0, 0.1) is 16.0 Å². The highest BCUT2D eigenvalue weighted by Crippen LogP contribution is 2.44. The standard InChI is InChI=1S/C32H42F3N5O4/c33-32(34,35)31(43-21-23-13-6-2-7-14-23)17-9-3-8-15-25-16-10-18-39(25)28-24(19-22-11-4-1-5-12-22)20-26(40(41)42)27(36-28)29-37-38-30(31)44-29/h1-2,4-7,11-14,24-30,36-38H,3,8-10,15-21H2/t24?,25-,26?,27?,28?,29?,30?,31?/m0/s1. The average molecular weight is 618 g/mol. The molecule has 4 aliphatic heterocycles. The minimum absolute atomic E-state index is 0.0498. The summed E-state index contributed by atoms with van der Waals surface area (Å²) in [7, 11) is 0. The molecule has 2 aromatic rings. The highest BCUT2D eigenvalue weighted by Gasteiger charge is 2.64. The molecule has 0 amide bonds. The first kappa shape index (κ1) is 31.4. The zero-order valence-corrected chi connectivity index (χ0v) is 24.8. The molecule has 6 rings (SSSR count). The van der Waals surface area contributed by atoms with Crippen molar-refractivity contribution in [2.75, 3.05) is 6.54 Å².